The Hall–Kier alpha value is -2.12. The molecule has 0 aromatic carbocycles. The Labute approximate surface area is 110 Å². The van der Waals surface area contributed by atoms with Crippen LogP contribution in [0.25, 0.3) is 0 Å². The van der Waals surface area contributed by atoms with Gasteiger partial charge in [-0.25, -0.2) is 4.79 Å². The maximum atomic E-state index is 11.6. The molecule has 0 spiro atoms. The van der Waals surface area contributed by atoms with Crippen molar-refractivity contribution in [3.8, 4) is 0 Å². The van der Waals surface area contributed by atoms with Crippen LogP contribution in [-0.2, 0) is 11.2 Å². The van der Waals surface area contributed by atoms with E-state index < -0.39 is 5.97 Å². The first kappa shape index (κ1) is 14.9. The molecule has 0 saturated heterocycles. The van der Waals surface area contributed by atoms with E-state index in [0.29, 0.717) is 25.2 Å². The monoisotopic (exact) mass is 270 g/mol. The standard InChI is InChI=1S/C11H18N4O4/c1-2-3-8(6-10(16)17)14-11(18)12-5-4-9-13-7-19-15-9/h7-8H,2-6H2,1H3,(H,16,17)(H2,12,14,18). The summed E-state index contributed by atoms with van der Waals surface area (Å²) in [6.45, 7) is 2.29. The molecule has 1 atom stereocenters. The van der Waals surface area contributed by atoms with E-state index in [1.54, 1.807) is 0 Å². The number of rotatable bonds is 8. The van der Waals surface area contributed by atoms with Crippen LogP contribution in [0.3, 0.4) is 0 Å². The van der Waals surface area contributed by atoms with Crippen molar-refractivity contribution in [2.75, 3.05) is 6.54 Å². The summed E-state index contributed by atoms with van der Waals surface area (Å²) in [5, 5.41) is 17.6. The number of aliphatic carboxylic acids is 1. The Morgan fingerprint density at radius 2 is 2.32 bits per heavy atom. The second-order valence-corrected chi connectivity index (χ2v) is 4.08. The average Bonchev–Trinajstić information content (AvgIpc) is 2.81. The van der Waals surface area contributed by atoms with Crippen LogP contribution in [0.1, 0.15) is 32.0 Å². The normalized spacial score (nSPS) is 11.8. The fourth-order valence-corrected chi connectivity index (χ4v) is 1.61. The molecule has 1 aromatic heterocycles. The number of nitrogens with one attached hydrogen (secondary N) is 2. The third kappa shape index (κ3) is 6.39. The van der Waals surface area contributed by atoms with Gasteiger partial charge >= 0.3 is 12.0 Å². The van der Waals surface area contributed by atoms with Crippen molar-refractivity contribution in [1.82, 2.24) is 20.8 Å². The fraction of sp³-hybridized carbons (Fsp3) is 0.636. The lowest BCUT2D eigenvalue weighted by atomic mass is 10.1. The van der Waals surface area contributed by atoms with E-state index in [-0.39, 0.29) is 18.5 Å². The molecule has 106 valence electrons. The lowest BCUT2D eigenvalue weighted by Crippen LogP contribution is -2.43. The molecule has 1 aromatic rings. The van der Waals surface area contributed by atoms with Gasteiger partial charge in [-0.2, -0.15) is 4.98 Å². The second-order valence-electron chi connectivity index (χ2n) is 4.08. The zero-order valence-electron chi connectivity index (χ0n) is 10.8. The summed E-state index contributed by atoms with van der Waals surface area (Å²) >= 11 is 0. The van der Waals surface area contributed by atoms with Crippen LogP contribution in [-0.4, -0.2) is 39.8 Å². The predicted octanol–water partition coefficient (Wildman–Crippen LogP) is 0.555. The largest absolute Gasteiger partial charge is 0.481 e. The summed E-state index contributed by atoms with van der Waals surface area (Å²) in [6, 6.07) is -0.740. The van der Waals surface area contributed by atoms with Crippen molar-refractivity contribution in [3.63, 3.8) is 0 Å². The van der Waals surface area contributed by atoms with Crippen LogP contribution < -0.4 is 10.6 Å². The maximum Gasteiger partial charge on any atom is 0.315 e. The molecule has 0 saturated carbocycles. The fourth-order valence-electron chi connectivity index (χ4n) is 1.61. The van der Waals surface area contributed by atoms with Gasteiger partial charge in [-0.15, -0.1) is 0 Å². The van der Waals surface area contributed by atoms with Crippen LogP contribution in [0, 0.1) is 0 Å². The maximum absolute atomic E-state index is 11.6. The molecule has 0 aliphatic rings. The number of hydrogen-bond acceptors (Lipinski definition) is 5. The zero-order valence-corrected chi connectivity index (χ0v) is 10.8. The number of urea groups is 1. The van der Waals surface area contributed by atoms with Gasteiger partial charge in [-0.1, -0.05) is 18.5 Å². The molecule has 0 bridgehead atoms. The summed E-state index contributed by atoms with van der Waals surface area (Å²) < 4.78 is 4.56. The first-order valence-electron chi connectivity index (χ1n) is 6.13. The zero-order chi connectivity index (χ0) is 14.1. The minimum absolute atomic E-state index is 0.0773. The van der Waals surface area contributed by atoms with Crippen molar-refractivity contribution < 1.29 is 19.2 Å². The SMILES string of the molecule is CCCC(CC(=O)O)NC(=O)NCCc1ncon1. The van der Waals surface area contributed by atoms with Crippen LogP contribution in [0.2, 0.25) is 0 Å². The minimum atomic E-state index is -0.925. The van der Waals surface area contributed by atoms with Gasteiger partial charge < -0.3 is 20.3 Å². The van der Waals surface area contributed by atoms with Gasteiger partial charge in [-0.3, -0.25) is 4.79 Å². The Morgan fingerprint density at radius 1 is 1.53 bits per heavy atom. The van der Waals surface area contributed by atoms with Crippen LogP contribution >= 0.6 is 0 Å². The molecule has 3 N–H and O–H groups in total. The quantitative estimate of drug-likeness (QED) is 0.635. The highest BCUT2D eigenvalue weighted by atomic mass is 16.5. The third-order valence-corrected chi connectivity index (χ3v) is 2.43. The number of carboxylic acids is 1. The van der Waals surface area contributed by atoms with Crippen molar-refractivity contribution in [3.05, 3.63) is 12.2 Å². The molecule has 2 amide bonds. The molecule has 0 aliphatic heterocycles. The summed E-state index contributed by atoms with van der Waals surface area (Å²) in [5.74, 6) is -0.415. The molecular weight excluding hydrogens is 252 g/mol. The van der Waals surface area contributed by atoms with E-state index in [9.17, 15) is 9.59 Å². The number of amides is 2. The van der Waals surface area contributed by atoms with Crippen molar-refractivity contribution in [2.24, 2.45) is 0 Å². The van der Waals surface area contributed by atoms with E-state index >= 15 is 0 Å². The number of aromatic nitrogens is 2. The number of carbonyl (C=O) groups is 2. The molecule has 1 heterocycles. The first-order chi connectivity index (χ1) is 9.11. The molecule has 0 fully saturated rings. The van der Waals surface area contributed by atoms with Gasteiger partial charge in [-0.05, 0) is 6.42 Å². The second kappa shape index (κ2) is 8.06. The Morgan fingerprint density at radius 3 is 2.89 bits per heavy atom. The minimum Gasteiger partial charge on any atom is -0.481 e. The molecule has 8 nitrogen and oxygen atoms in total. The number of nitrogens with zero attached hydrogens (tertiary/aromatic N) is 2. The molecule has 1 unspecified atom stereocenters. The molecular formula is C11H18N4O4. The van der Waals surface area contributed by atoms with Gasteiger partial charge in [0.2, 0.25) is 6.39 Å². The van der Waals surface area contributed by atoms with Gasteiger partial charge in [0.25, 0.3) is 0 Å². The smallest absolute Gasteiger partial charge is 0.315 e. The average molecular weight is 270 g/mol. The summed E-state index contributed by atoms with van der Waals surface area (Å²) in [4.78, 5) is 26.0. The Bertz CT molecular complexity index is 393. The molecule has 19 heavy (non-hydrogen) atoms. The van der Waals surface area contributed by atoms with E-state index in [1.165, 1.54) is 6.39 Å². The number of carbonyl (C=O) groups excluding carboxylic acids is 1. The topological polar surface area (TPSA) is 117 Å². The van der Waals surface area contributed by atoms with E-state index in [2.05, 4.69) is 25.3 Å². The predicted molar refractivity (Wildman–Crippen MR) is 65.5 cm³/mol. The Kier molecular flexibility index (Phi) is 6.34. The molecule has 0 aliphatic carbocycles. The highest BCUT2D eigenvalue weighted by Crippen LogP contribution is 2.01. The summed E-state index contributed by atoms with van der Waals surface area (Å²) in [6.07, 6.45) is 3.04. The van der Waals surface area contributed by atoms with Crippen molar-refractivity contribution in [2.45, 2.75) is 38.6 Å². The lowest BCUT2D eigenvalue weighted by molar-refractivity contribution is -0.137. The van der Waals surface area contributed by atoms with Crippen molar-refractivity contribution >= 4 is 12.0 Å². The molecule has 8 heteroatoms. The summed E-state index contributed by atoms with van der Waals surface area (Å²) in [7, 11) is 0. The van der Waals surface area contributed by atoms with Gasteiger partial charge in [0.1, 0.15) is 0 Å². The van der Waals surface area contributed by atoms with Crippen LogP contribution in [0.5, 0.6) is 0 Å². The highest BCUT2D eigenvalue weighted by Gasteiger charge is 2.14. The summed E-state index contributed by atoms with van der Waals surface area (Å²) in [5.41, 5.74) is 0. The van der Waals surface area contributed by atoms with Crippen molar-refractivity contribution in [1.29, 1.82) is 0 Å². The van der Waals surface area contributed by atoms with E-state index in [4.69, 9.17) is 5.11 Å². The van der Waals surface area contributed by atoms with Gasteiger partial charge in [0, 0.05) is 19.0 Å². The number of carboxylic acid groups (broad SMARTS) is 1. The highest BCUT2D eigenvalue weighted by molar-refractivity contribution is 5.75. The first-order valence-corrected chi connectivity index (χ1v) is 6.13. The molecule has 0 radical (unpaired) electrons. The lowest BCUT2D eigenvalue weighted by Gasteiger charge is -2.16. The van der Waals surface area contributed by atoms with E-state index in [0.717, 1.165) is 6.42 Å². The van der Waals surface area contributed by atoms with E-state index in [1.807, 2.05) is 6.92 Å². The number of hydrogen-bond donors (Lipinski definition) is 3. The third-order valence-electron chi connectivity index (χ3n) is 2.43. The van der Waals surface area contributed by atoms with Gasteiger partial charge in [0.05, 0.1) is 6.42 Å². The Balaban J connectivity index is 2.25. The van der Waals surface area contributed by atoms with Crippen LogP contribution in [0.4, 0.5) is 4.79 Å². The van der Waals surface area contributed by atoms with Crippen LogP contribution in [0.15, 0.2) is 10.9 Å². The molecule has 1 rings (SSSR count). The van der Waals surface area contributed by atoms with Gasteiger partial charge in [0.15, 0.2) is 5.82 Å².